The van der Waals surface area contributed by atoms with Crippen molar-refractivity contribution >= 4 is 0 Å². The summed E-state index contributed by atoms with van der Waals surface area (Å²) in [7, 11) is 1.65. The van der Waals surface area contributed by atoms with E-state index in [1.54, 1.807) is 7.11 Å². The van der Waals surface area contributed by atoms with Crippen molar-refractivity contribution in [1.82, 2.24) is 0 Å². The van der Waals surface area contributed by atoms with Crippen molar-refractivity contribution in [2.24, 2.45) is 11.7 Å². The highest BCUT2D eigenvalue weighted by atomic mass is 16.7. The zero-order chi connectivity index (χ0) is 11.1. The summed E-state index contributed by atoms with van der Waals surface area (Å²) in [5, 5.41) is 0. The first kappa shape index (κ1) is 9.78. The number of ether oxygens (including phenoxy) is 3. The van der Waals surface area contributed by atoms with Gasteiger partial charge in [0.15, 0.2) is 11.5 Å². The van der Waals surface area contributed by atoms with E-state index in [9.17, 15) is 0 Å². The van der Waals surface area contributed by atoms with Crippen LogP contribution in [-0.4, -0.2) is 20.4 Å². The van der Waals surface area contributed by atoms with Crippen LogP contribution in [0.5, 0.6) is 17.2 Å². The molecule has 0 bridgehead atoms. The van der Waals surface area contributed by atoms with Crippen molar-refractivity contribution in [2.45, 2.75) is 12.3 Å². The summed E-state index contributed by atoms with van der Waals surface area (Å²) in [4.78, 5) is 0. The lowest BCUT2D eigenvalue weighted by Gasteiger charge is -2.07. The first-order chi connectivity index (χ1) is 7.83. The fraction of sp³-hybridized carbons (Fsp3) is 0.500. The molecule has 3 rings (SSSR count). The maximum Gasteiger partial charge on any atom is 0.231 e. The third-order valence-corrected chi connectivity index (χ3v) is 3.33. The monoisotopic (exact) mass is 221 g/mol. The maximum absolute atomic E-state index is 5.66. The number of hydrogen-bond donors (Lipinski definition) is 1. The summed E-state index contributed by atoms with van der Waals surface area (Å²) in [5.74, 6) is 3.44. The molecule has 1 heterocycles. The van der Waals surface area contributed by atoms with Gasteiger partial charge in [-0.05, 0) is 42.5 Å². The van der Waals surface area contributed by atoms with E-state index in [1.165, 1.54) is 12.0 Å². The zero-order valence-electron chi connectivity index (χ0n) is 9.23. The number of benzene rings is 1. The molecule has 0 aromatic heterocycles. The molecule has 1 aliphatic carbocycles. The fourth-order valence-electron chi connectivity index (χ4n) is 2.28. The standard InChI is InChI=1S/C12H15NO3/c1-14-10-3-7(9-2-8(9)5-13)4-11-12(10)16-6-15-11/h3-4,8-9H,2,5-6,13H2,1H3. The van der Waals surface area contributed by atoms with Crippen LogP contribution in [-0.2, 0) is 0 Å². The summed E-state index contributed by atoms with van der Waals surface area (Å²) in [5.41, 5.74) is 6.90. The van der Waals surface area contributed by atoms with Gasteiger partial charge in [-0.15, -0.1) is 0 Å². The average molecular weight is 221 g/mol. The molecule has 4 nitrogen and oxygen atoms in total. The Morgan fingerprint density at radius 3 is 3.00 bits per heavy atom. The predicted octanol–water partition coefficient (Wildman–Crippen LogP) is 1.49. The summed E-state index contributed by atoms with van der Waals surface area (Å²) in [6.45, 7) is 1.03. The molecular weight excluding hydrogens is 206 g/mol. The van der Waals surface area contributed by atoms with Crippen LogP contribution in [0.1, 0.15) is 17.9 Å². The minimum atomic E-state index is 0.278. The highest BCUT2D eigenvalue weighted by Gasteiger charge is 2.38. The molecule has 0 spiro atoms. The van der Waals surface area contributed by atoms with Crippen LogP contribution in [0.2, 0.25) is 0 Å². The summed E-state index contributed by atoms with van der Waals surface area (Å²) in [6, 6.07) is 4.08. The van der Waals surface area contributed by atoms with Gasteiger partial charge in [-0.3, -0.25) is 0 Å². The molecule has 1 saturated carbocycles. The van der Waals surface area contributed by atoms with Crippen LogP contribution in [0, 0.1) is 5.92 Å². The van der Waals surface area contributed by atoms with Gasteiger partial charge in [0, 0.05) is 0 Å². The Morgan fingerprint density at radius 1 is 1.44 bits per heavy atom. The van der Waals surface area contributed by atoms with Crippen molar-refractivity contribution in [3.05, 3.63) is 17.7 Å². The smallest absolute Gasteiger partial charge is 0.231 e. The largest absolute Gasteiger partial charge is 0.493 e. The molecule has 2 N–H and O–H groups in total. The van der Waals surface area contributed by atoms with Crippen LogP contribution in [0.25, 0.3) is 0 Å². The van der Waals surface area contributed by atoms with Gasteiger partial charge in [-0.25, -0.2) is 0 Å². The molecule has 2 unspecified atom stereocenters. The minimum absolute atomic E-state index is 0.278. The lowest BCUT2D eigenvalue weighted by molar-refractivity contribution is 0.171. The number of methoxy groups -OCH3 is 1. The van der Waals surface area contributed by atoms with Gasteiger partial charge < -0.3 is 19.9 Å². The van der Waals surface area contributed by atoms with Gasteiger partial charge in [0.1, 0.15) is 0 Å². The van der Waals surface area contributed by atoms with E-state index in [4.69, 9.17) is 19.9 Å². The molecule has 1 aliphatic heterocycles. The van der Waals surface area contributed by atoms with E-state index in [1.807, 2.05) is 12.1 Å². The highest BCUT2D eigenvalue weighted by Crippen LogP contribution is 2.51. The molecule has 16 heavy (non-hydrogen) atoms. The lowest BCUT2D eigenvalue weighted by atomic mass is 10.1. The van der Waals surface area contributed by atoms with Crippen molar-refractivity contribution in [3.8, 4) is 17.2 Å². The Hall–Kier alpha value is -1.42. The topological polar surface area (TPSA) is 53.7 Å². The molecule has 2 aliphatic rings. The molecule has 1 fully saturated rings. The molecule has 0 radical (unpaired) electrons. The minimum Gasteiger partial charge on any atom is -0.493 e. The Labute approximate surface area is 94.3 Å². The average Bonchev–Trinajstić information content (AvgIpc) is 2.96. The second-order valence-corrected chi connectivity index (χ2v) is 4.29. The summed E-state index contributed by atoms with van der Waals surface area (Å²) in [6.07, 6.45) is 1.17. The Balaban J connectivity index is 1.96. The van der Waals surface area contributed by atoms with Crippen LogP contribution in [0.4, 0.5) is 0 Å². The Bertz CT molecular complexity index is 419. The van der Waals surface area contributed by atoms with Crippen molar-refractivity contribution < 1.29 is 14.2 Å². The molecule has 0 saturated heterocycles. The third kappa shape index (κ3) is 1.41. The maximum atomic E-state index is 5.66. The van der Waals surface area contributed by atoms with Crippen LogP contribution in [0.15, 0.2) is 12.1 Å². The highest BCUT2D eigenvalue weighted by molar-refractivity contribution is 5.56. The summed E-state index contributed by atoms with van der Waals surface area (Å²) >= 11 is 0. The van der Waals surface area contributed by atoms with Crippen LogP contribution < -0.4 is 19.9 Å². The van der Waals surface area contributed by atoms with Crippen molar-refractivity contribution in [3.63, 3.8) is 0 Å². The third-order valence-electron chi connectivity index (χ3n) is 3.33. The van der Waals surface area contributed by atoms with E-state index >= 15 is 0 Å². The lowest BCUT2D eigenvalue weighted by Crippen LogP contribution is -2.02. The zero-order valence-corrected chi connectivity index (χ0v) is 9.23. The van der Waals surface area contributed by atoms with E-state index in [-0.39, 0.29) is 6.79 Å². The first-order valence-corrected chi connectivity index (χ1v) is 5.51. The van der Waals surface area contributed by atoms with Crippen LogP contribution >= 0.6 is 0 Å². The van der Waals surface area contributed by atoms with Gasteiger partial charge in [0.2, 0.25) is 12.5 Å². The molecule has 86 valence electrons. The quantitative estimate of drug-likeness (QED) is 0.840. The van der Waals surface area contributed by atoms with E-state index < -0.39 is 0 Å². The predicted molar refractivity (Wildman–Crippen MR) is 59.0 cm³/mol. The number of fused-ring (bicyclic) bond motifs is 1. The van der Waals surface area contributed by atoms with Crippen LogP contribution in [0.3, 0.4) is 0 Å². The van der Waals surface area contributed by atoms with Gasteiger partial charge >= 0.3 is 0 Å². The molecule has 4 heteroatoms. The number of rotatable bonds is 3. The number of hydrogen-bond acceptors (Lipinski definition) is 4. The van der Waals surface area contributed by atoms with Gasteiger partial charge in [0.05, 0.1) is 7.11 Å². The van der Waals surface area contributed by atoms with Gasteiger partial charge in [-0.2, -0.15) is 0 Å². The molecule has 1 aromatic rings. The second-order valence-electron chi connectivity index (χ2n) is 4.29. The Kier molecular flexibility index (Phi) is 2.17. The van der Waals surface area contributed by atoms with E-state index in [2.05, 4.69) is 0 Å². The molecule has 2 atom stereocenters. The molecule has 0 amide bonds. The summed E-state index contributed by atoms with van der Waals surface area (Å²) < 4.78 is 16.1. The van der Waals surface area contributed by atoms with E-state index in [0.717, 1.165) is 23.8 Å². The SMILES string of the molecule is COc1cc(C2CC2CN)cc2c1OCO2. The normalized spacial score (nSPS) is 25.6. The first-order valence-electron chi connectivity index (χ1n) is 5.51. The fourth-order valence-corrected chi connectivity index (χ4v) is 2.28. The Morgan fingerprint density at radius 2 is 2.31 bits per heavy atom. The van der Waals surface area contributed by atoms with Crippen molar-refractivity contribution in [2.75, 3.05) is 20.4 Å². The van der Waals surface area contributed by atoms with E-state index in [0.29, 0.717) is 11.8 Å². The van der Waals surface area contributed by atoms with Gasteiger partial charge in [0.25, 0.3) is 0 Å². The molecular formula is C12H15NO3. The van der Waals surface area contributed by atoms with Gasteiger partial charge in [-0.1, -0.05) is 0 Å². The second kappa shape index (κ2) is 3.56. The van der Waals surface area contributed by atoms with Crippen molar-refractivity contribution in [1.29, 1.82) is 0 Å². The molecule has 1 aromatic carbocycles. The number of nitrogens with two attached hydrogens (primary N) is 1.